The quantitative estimate of drug-likeness (QED) is 0.781. The molecule has 0 atom stereocenters. The number of halogens is 1. The van der Waals surface area contributed by atoms with Gasteiger partial charge in [0.2, 0.25) is 11.8 Å². The second kappa shape index (κ2) is 6.86. The Labute approximate surface area is 147 Å². The summed E-state index contributed by atoms with van der Waals surface area (Å²) in [5.74, 6) is -1.14. The number of likely N-dealkylation sites (tertiary alicyclic amines) is 1. The molecule has 0 radical (unpaired) electrons. The average molecular weight is 366 g/mol. The number of imide groups is 1. The van der Waals surface area contributed by atoms with Gasteiger partial charge in [-0.05, 0) is 18.6 Å². The van der Waals surface area contributed by atoms with E-state index in [-0.39, 0.29) is 31.2 Å². The van der Waals surface area contributed by atoms with Gasteiger partial charge < -0.3 is 4.57 Å². The lowest BCUT2D eigenvalue weighted by Crippen LogP contribution is -2.34. The fourth-order valence-corrected chi connectivity index (χ4v) is 4.11. The van der Waals surface area contributed by atoms with Gasteiger partial charge in [-0.15, -0.1) is 0 Å². The van der Waals surface area contributed by atoms with Crippen molar-refractivity contribution in [1.82, 2.24) is 9.47 Å². The van der Waals surface area contributed by atoms with Gasteiger partial charge >= 0.3 is 0 Å². The summed E-state index contributed by atoms with van der Waals surface area (Å²) in [6, 6.07) is 5.58. The van der Waals surface area contributed by atoms with Gasteiger partial charge in [0, 0.05) is 19.4 Å². The molecule has 2 heterocycles. The van der Waals surface area contributed by atoms with E-state index in [1.807, 2.05) is 23.6 Å². The van der Waals surface area contributed by atoms with Crippen LogP contribution in [0.1, 0.15) is 26.2 Å². The number of aromatic nitrogens is 1. The Morgan fingerprint density at radius 2 is 2.00 bits per heavy atom. The minimum atomic E-state index is -0.508. The molecule has 6 nitrogen and oxygen atoms in total. The van der Waals surface area contributed by atoms with Crippen molar-refractivity contribution in [3.8, 4) is 0 Å². The number of hydrogen-bond acceptors (Lipinski definition) is 4. The number of thiazole rings is 1. The normalized spacial score (nSPS) is 15.8. The Balaban J connectivity index is 1.98. The Bertz CT molecular complexity index is 884. The monoisotopic (exact) mass is 365 g/mol. The second-order valence-electron chi connectivity index (χ2n) is 5.50. The van der Waals surface area contributed by atoms with Crippen molar-refractivity contribution in [1.29, 1.82) is 0 Å². The molecule has 3 rings (SSSR count). The van der Waals surface area contributed by atoms with Crippen LogP contribution >= 0.6 is 22.9 Å². The molecule has 0 saturated carbocycles. The highest BCUT2D eigenvalue weighted by molar-refractivity contribution is 7.16. The largest absolute Gasteiger partial charge is 0.315 e. The molecule has 0 spiro atoms. The summed E-state index contributed by atoms with van der Waals surface area (Å²) in [6.45, 7) is 2.41. The van der Waals surface area contributed by atoms with E-state index < -0.39 is 5.91 Å². The van der Waals surface area contributed by atoms with Gasteiger partial charge in [-0.1, -0.05) is 35.9 Å². The van der Waals surface area contributed by atoms with Crippen LogP contribution in [0.2, 0.25) is 5.02 Å². The number of rotatable bonds is 4. The summed E-state index contributed by atoms with van der Waals surface area (Å²) < 4.78 is 2.85. The zero-order chi connectivity index (χ0) is 17.3. The van der Waals surface area contributed by atoms with Crippen molar-refractivity contribution in [2.75, 3.05) is 6.54 Å². The van der Waals surface area contributed by atoms with Gasteiger partial charge in [-0.2, -0.15) is 4.99 Å². The summed E-state index contributed by atoms with van der Waals surface area (Å²) >= 11 is 7.65. The third-order valence-corrected chi connectivity index (χ3v) is 5.12. The van der Waals surface area contributed by atoms with Gasteiger partial charge in [0.1, 0.15) is 6.54 Å². The van der Waals surface area contributed by atoms with E-state index >= 15 is 0 Å². The lowest BCUT2D eigenvalue weighted by atomic mass is 10.3. The minimum Gasteiger partial charge on any atom is -0.315 e. The molecule has 3 amide bonds. The lowest BCUT2D eigenvalue weighted by molar-refractivity contribution is -0.141. The number of aryl methyl sites for hydroxylation is 1. The lowest BCUT2D eigenvalue weighted by Gasteiger charge is -2.10. The molecule has 0 bridgehead atoms. The third-order valence-electron chi connectivity index (χ3n) is 3.77. The molecule has 2 aromatic rings. The summed E-state index contributed by atoms with van der Waals surface area (Å²) in [4.78, 5) is 41.1. The van der Waals surface area contributed by atoms with Crippen LogP contribution in [-0.2, 0) is 20.9 Å². The Kier molecular flexibility index (Phi) is 4.82. The number of benzene rings is 1. The number of amides is 3. The zero-order valence-electron chi connectivity index (χ0n) is 13.1. The Morgan fingerprint density at radius 3 is 2.67 bits per heavy atom. The summed E-state index contributed by atoms with van der Waals surface area (Å²) in [6.07, 6.45) is 1.20. The number of hydrogen-bond donors (Lipinski definition) is 0. The van der Waals surface area contributed by atoms with Crippen molar-refractivity contribution in [2.45, 2.75) is 32.7 Å². The van der Waals surface area contributed by atoms with Crippen LogP contribution in [-0.4, -0.2) is 33.7 Å². The van der Waals surface area contributed by atoms with E-state index in [4.69, 9.17) is 11.6 Å². The van der Waals surface area contributed by atoms with Crippen molar-refractivity contribution >= 4 is 50.9 Å². The molecule has 0 aliphatic carbocycles. The smallest absolute Gasteiger partial charge is 0.268 e. The summed E-state index contributed by atoms with van der Waals surface area (Å²) in [7, 11) is 0. The molecule has 0 unspecified atom stereocenters. The molecule has 1 aromatic heterocycles. The van der Waals surface area contributed by atoms with E-state index in [2.05, 4.69) is 4.99 Å². The Morgan fingerprint density at radius 1 is 1.29 bits per heavy atom. The van der Waals surface area contributed by atoms with Gasteiger partial charge in [-0.3, -0.25) is 19.3 Å². The molecule has 0 N–H and O–H groups in total. The molecule has 1 aromatic carbocycles. The number of carbonyl (C=O) groups excluding carboxylic acids is 3. The maximum atomic E-state index is 12.2. The first kappa shape index (κ1) is 16.9. The average Bonchev–Trinajstić information content (AvgIpc) is 3.04. The molecule has 24 heavy (non-hydrogen) atoms. The fourth-order valence-electron chi connectivity index (χ4n) is 2.68. The van der Waals surface area contributed by atoms with Crippen molar-refractivity contribution in [3.05, 3.63) is 28.0 Å². The molecule has 1 fully saturated rings. The maximum absolute atomic E-state index is 12.2. The molecule has 1 aliphatic heterocycles. The van der Waals surface area contributed by atoms with Crippen molar-refractivity contribution < 1.29 is 14.4 Å². The van der Waals surface area contributed by atoms with E-state index in [1.165, 1.54) is 11.3 Å². The van der Waals surface area contributed by atoms with E-state index in [1.54, 1.807) is 6.07 Å². The highest BCUT2D eigenvalue weighted by Gasteiger charge is 2.30. The molecule has 1 aliphatic rings. The molecule has 1 saturated heterocycles. The van der Waals surface area contributed by atoms with Crippen LogP contribution in [0.15, 0.2) is 23.2 Å². The van der Waals surface area contributed by atoms with Gasteiger partial charge in [-0.25, -0.2) is 0 Å². The van der Waals surface area contributed by atoms with Crippen molar-refractivity contribution in [3.63, 3.8) is 0 Å². The number of fused-ring (bicyclic) bond motifs is 1. The summed E-state index contributed by atoms with van der Waals surface area (Å²) in [5, 5.41) is 0.607. The predicted octanol–water partition coefficient (Wildman–Crippen LogP) is 2.34. The van der Waals surface area contributed by atoms with Crippen LogP contribution in [0, 0.1) is 0 Å². The number of nitrogens with zero attached hydrogens (tertiary/aromatic N) is 3. The highest BCUT2D eigenvalue weighted by atomic mass is 35.5. The van der Waals surface area contributed by atoms with E-state index in [0.29, 0.717) is 16.4 Å². The van der Waals surface area contributed by atoms with Crippen LogP contribution < -0.4 is 4.80 Å². The second-order valence-corrected chi connectivity index (χ2v) is 6.92. The first-order valence-corrected chi connectivity index (χ1v) is 8.89. The van der Waals surface area contributed by atoms with Gasteiger partial charge in [0.15, 0.2) is 4.80 Å². The van der Waals surface area contributed by atoms with E-state index in [9.17, 15) is 14.4 Å². The van der Waals surface area contributed by atoms with Gasteiger partial charge in [0.05, 0.1) is 15.2 Å². The van der Waals surface area contributed by atoms with Crippen LogP contribution in [0.3, 0.4) is 0 Å². The predicted molar refractivity (Wildman–Crippen MR) is 91.6 cm³/mol. The molecular weight excluding hydrogens is 350 g/mol. The molecule has 126 valence electrons. The third kappa shape index (κ3) is 3.14. The minimum absolute atomic E-state index is 0.167. The first-order chi connectivity index (χ1) is 11.5. The zero-order valence-corrected chi connectivity index (χ0v) is 14.7. The molecular formula is C16H16ClN3O3S. The van der Waals surface area contributed by atoms with Crippen LogP contribution in [0.25, 0.3) is 10.2 Å². The van der Waals surface area contributed by atoms with Crippen LogP contribution in [0.5, 0.6) is 0 Å². The maximum Gasteiger partial charge on any atom is 0.268 e. The first-order valence-electron chi connectivity index (χ1n) is 7.70. The van der Waals surface area contributed by atoms with Crippen molar-refractivity contribution in [2.24, 2.45) is 4.99 Å². The number of carbonyl (C=O) groups is 3. The number of para-hydroxylation sites is 1. The standard InChI is InChI=1S/C16H16ClN3O3S/c1-2-8-19-15-10(17)4-3-5-11(15)24-16(19)18-12(21)9-20-13(22)6-7-14(20)23/h3-5H,2,6-9H2,1H3. The highest BCUT2D eigenvalue weighted by Crippen LogP contribution is 2.25. The summed E-state index contributed by atoms with van der Waals surface area (Å²) in [5.41, 5.74) is 0.853. The van der Waals surface area contributed by atoms with Crippen LogP contribution in [0.4, 0.5) is 0 Å². The Hall–Kier alpha value is -1.99. The van der Waals surface area contributed by atoms with Gasteiger partial charge in [0.25, 0.3) is 5.91 Å². The topological polar surface area (TPSA) is 71.7 Å². The SMILES string of the molecule is CCCn1c(=NC(=O)CN2C(=O)CCC2=O)sc2cccc(Cl)c21. The van der Waals surface area contributed by atoms with E-state index in [0.717, 1.165) is 21.5 Å². The molecule has 8 heteroatoms. The fraction of sp³-hybridized carbons (Fsp3) is 0.375.